The minimum Gasteiger partial charge on any atom is -0.494 e. The molecule has 17 heavy (non-hydrogen) atoms. The fourth-order valence-corrected chi connectivity index (χ4v) is 1.54. The summed E-state index contributed by atoms with van der Waals surface area (Å²) in [5, 5.41) is 0. The van der Waals surface area contributed by atoms with Gasteiger partial charge in [0.15, 0.2) is 11.6 Å². The number of ether oxygens (including phenoxy) is 2. The van der Waals surface area contributed by atoms with Crippen molar-refractivity contribution in [2.24, 2.45) is 0 Å². The molecule has 0 aliphatic heterocycles. The summed E-state index contributed by atoms with van der Waals surface area (Å²) in [4.78, 5) is 10.5. The van der Waals surface area contributed by atoms with Crippen LogP contribution < -0.4 is 4.74 Å². The summed E-state index contributed by atoms with van der Waals surface area (Å²) in [6, 6.07) is 5.10. The Kier molecular flexibility index (Phi) is 5.46. The third-order valence-corrected chi connectivity index (χ3v) is 2.41. The quantitative estimate of drug-likeness (QED) is 0.566. The molecule has 0 saturated carbocycles. The number of rotatable bonds is 6. The molecule has 0 aliphatic carbocycles. The Labute approximate surface area is 101 Å². The molecule has 0 aliphatic rings. The lowest BCUT2D eigenvalue weighted by Gasteiger charge is -2.07. The predicted octanol–water partition coefficient (Wildman–Crippen LogP) is 2.72. The van der Waals surface area contributed by atoms with Gasteiger partial charge in [-0.2, -0.15) is 0 Å². The Morgan fingerprint density at radius 3 is 2.76 bits per heavy atom. The maximum atomic E-state index is 13.7. The maximum absolute atomic E-state index is 13.7. The van der Waals surface area contributed by atoms with Gasteiger partial charge in [0.25, 0.3) is 0 Å². The van der Waals surface area contributed by atoms with Crippen LogP contribution in [0.2, 0.25) is 0 Å². The number of carbonyl (C=O) groups is 1. The monoisotopic (exact) mass is 240 g/mol. The van der Waals surface area contributed by atoms with Crippen molar-refractivity contribution in [2.45, 2.75) is 26.2 Å². The molecule has 94 valence electrons. The van der Waals surface area contributed by atoms with Crippen molar-refractivity contribution in [3.8, 4) is 5.75 Å². The van der Waals surface area contributed by atoms with Crippen LogP contribution in [0, 0.1) is 5.82 Å². The molecule has 1 aromatic carbocycles. The molecule has 0 unspecified atom stereocenters. The fraction of sp³-hybridized carbons (Fsp3) is 0.462. The highest BCUT2D eigenvalue weighted by atomic mass is 19.1. The average molecular weight is 240 g/mol. The lowest BCUT2D eigenvalue weighted by molar-refractivity contribution is -0.141. The second-order valence-electron chi connectivity index (χ2n) is 3.73. The SMILES string of the molecule is COc1cccc(CCCCOC(C)=O)c1F. The molecule has 1 rings (SSSR count). The van der Waals surface area contributed by atoms with Gasteiger partial charge in [0.2, 0.25) is 0 Å². The summed E-state index contributed by atoms with van der Waals surface area (Å²) in [5.41, 5.74) is 0.632. The lowest BCUT2D eigenvalue weighted by Crippen LogP contribution is -2.01. The molecule has 1 aromatic rings. The van der Waals surface area contributed by atoms with Crippen LogP contribution in [0.5, 0.6) is 5.75 Å². The molecule has 0 radical (unpaired) electrons. The molecule has 4 heteroatoms. The van der Waals surface area contributed by atoms with Crippen LogP contribution in [0.25, 0.3) is 0 Å². The highest BCUT2D eigenvalue weighted by Gasteiger charge is 2.07. The molecular weight excluding hydrogens is 223 g/mol. The third-order valence-electron chi connectivity index (χ3n) is 2.41. The number of benzene rings is 1. The van der Waals surface area contributed by atoms with E-state index in [2.05, 4.69) is 0 Å². The summed E-state index contributed by atoms with van der Waals surface area (Å²) in [6.45, 7) is 1.77. The second-order valence-corrected chi connectivity index (χ2v) is 3.73. The molecule has 0 aromatic heterocycles. The molecule has 0 amide bonds. The van der Waals surface area contributed by atoms with E-state index in [-0.39, 0.29) is 17.5 Å². The van der Waals surface area contributed by atoms with E-state index in [1.54, 1.807) is 18.2 Å². The van der Waals surface area contributed by atoms with Gasteiger partial charge in [-0.15, -0.1) is 0 Å². The van der Waals surface area contributed by atoms with E-state index < -0.39 is 0 Å². The molecular formula is C13H17FO3. The van der Waals surface area contributed by atoms with Crippen molar-refractivity contribution in [1.29, 1.82) is 0 Å². The van der Waals surface area contributed by atoms with E-state index in [1.165, 1.54) is 14.0 Å². The molecule has 0 spiro atoms. The Morgan fingerprint density at radius 1 is 1.35 bits per heavy atom. The summed E-state index contributed by atoms with van der Waals surface area (Å²) in [7, 11) is 1.45. The van der Waals surface area contributed by atoms with Gasteiger partial charge in [0.05, 0.1) is 13.7 Å². The Balaban J connectivity index is 2.39. The van der Waals surface area contributed by atoms with Gasteiger partial charge < -0.3 is 9.47 Å². The minimum atomic E-state index is -0.303. The van der Waals surface area contributed by atoms with Crippen molar-refractivity contribution in [1.82, 2.24) is 0 Å². The van der Waals surface area contributed by atoms with Crippen LogP contribution in [0.15, 0.2) is 18.2 Å². The van der Waals surface area contributed by atoms with Gasteiger partial charge in [0.1, 0.15) is 0 Å². The molecule has 3 nitrogen and oxygen atoms in total. The van der Waals surface area contributed by atoms with E-state index in [1.807, 2.05) is 0 Å². The standard InChI is InChI=1S/C13H17FO3/c1-10(15)17-9-4-3-6-11-7-5-8-12(16-2)13(11)14/h5,7-8H,3-4,6,9H2,1-2H3. The molecule has 0 heterocycles. The van der Waals surface area contributed by atoms with Crippen LogP contribution in [0.1, 0.15) is 25.3 Å². The number of aryl methyl sites for hydroxylation is 1. The highest BCUT2D eigenvalue weighted by Crippen LogP contribution is 2.21. The number of esters is 1. The van der Waals surface area contributed by atoms with Crippen LogP contribution in [-0.2, 0) is 16.0 Å². The highest BCUT2D eigenvalue weighted by molar-refractivity contribution is 5.65. The molecule has 0 bridgehead atoms. The van der Waals surface area contributed by atoms with Gasteiger partial charge in [-0.1, -0.05) is 12.1 Å². The summed E-state index contributed by atoms with van der Waals surface area (Å²) in [6.07, 6.45) is 2.12. The first-order valence-corrected chi connectivity index (χ1v) is 5.60. The van der Waals surface area contributed by atoms with Gasteiger partial charge in [-0.25, -0.2) is 4.39 Å². The second kappa shape index (κ2) is 6.89. The molecule has 0 atom stereocenters. The number of unbranched alkanes of at least 4 members (excludes halogenated alkanes) is 1. The fourth-order valence-electron chi connectivity index (χ4n) is 1.54. The summed E-state index contributed by atoms with van der Waals surface area (Å²) < 4.78 is 23.4. The largest absolute Gasteiger partial charge is 0.494 e. The van der Waals surface area contributed by atoms with Crippen LogP contribution in [-0.4, -0.2) is 19.7 Å². The first kappa shape index (κ1) is 13.5. The number of methoxy groups -OCH3 is 1. The lowest BCUT2D eigenvalue weighted by atomic mass is 10.1. The average Bonchev–Trinajstić information content (AvgIpc) is 2.30. The topological polar surface area (TPSA) is 35.5 Å². The zero-order valence-electron chi connectivity index (χ0n) is 10.2. The first-order valence-electron chi connectivity index (χ1n) is 5.60. The Bertz CT molecular complexity index is 377. The van der Waals surface area contributed by atoms with Crippen LogP contribution in [0.4, 0.5) is 4.39 Å². The first-order chi connectivity index (χ1) is 8.15. The number of halogens is 1. The molecule has 0 N–H and O–H groups in total. The van der Waals surface area contributed by atoms with Gasteiger partial charge in [0, 0.05) is 6.92 Å². The van der Waals surface area contributed by atoms with E-state index in [4.69, 9.17) is 9.47 Å². The predicted molar refractivity (Wildman–Crippen MR) is 62.5 cm³/mol. The van der Waals surface area contributed by atoms with E-state index in [9.17, 15) is 9.18 Å². The van der Waals surface area contributed by atoms with Crippen LogP contribution >= 0.6 is 0 Å². The van der Waals surface area contributed by atoms with Crippen molar-refractivity contribution in [3.05, 3.63) is 29.6 Å². The zero-order chi connectivity index (χ0) is 12.7. The normalized spacial score (nSPS) is 10.1. The third kappa shape index (κ3) is 4.43. The molecule has 0 fully saturated rings. The van der Waals surface area contributed by atoms with Gasteiger partial charge in [-0.3, -0.25) is 4.79 Å². The van der Waals surface area contributed by atoms with Crippen molar-refractivity contribution in [3.63, 3.8) is 0 Å². The van der Waals surface area contributed by atoms with Crippen molar-refractivity contribution in [2.75, 3.05) is 13.7 Å². The summed E-state index contributed by atoms with van der Waals surface area (Å²) in [5.74, 6) is -0.317. The minimum absolute atomic E-state index is 0.266. The number of carbonyl (C=O) groups excluding carboxylic acids is 1. The van der Waals surface area contributed by atoms with Gasteiger partial charge >= 0.3 is 5.97 Å². The Hall–Kier alpha value is -1.58. The zero-order valence-corrected chi connectivity index (χ0v) is 10.2. The maximum Gasteiger partial charge on any atom is 0.302 e. The van der Waals surface area contributed by atoms with E-state index >= 15 is 0 Å². The van der Waals surface area contributed by atoms with Crippen molar-refractivity contribution >= 4 is 5.97 Å². The van der Waals surface area contributed by atoms with Gasteiger partial charge in [-0.05, 0) is 30.9 Å². The number of hydrogen-bond donors (Lipinski definition) is 0. The summed E-state index contributed by atoms with van der Waals surface area (Å²) >= 11 is 0. The molecule has 0 saturated heterocycles. The van der Waals surface area contributed by atoms with Crippen LogP contribution in [0.3, 0.4) is 0 Å². The van der Waals surface area contributed by atoms with E-state index in [0.717, 1.165) is 12.8 Å². The van der Waals surface area contributed by atoms with E-state index in [0.29, 0.717) is 18.6 Å². The number of hydrogen-bond acceptors (Lipinski definition) is 3. The van der Waals surface area contributed by atoms with Crippen molar-refractivity contribution < 1.29 is 18.7 Å². The smallest absolute Gasteiger partial charge is 0.302 e. The Morgan fingerprint density at radius 2 is 2.12 bits per heavy atom.